The molecule has 98 valence electrons. The number of aryl methyl sites for hydroxylation is 1. The van der Waals surface area contributed by atoms with Gasteiger partial charge in [-0.3, -0.25) is 14.8 Å². The number of nitrogens with zero attached hydrogens (tertiary/aromatic N) is 2. The first-order chi connectivity index (χ1) is 9.66. The van der Waals surface area contributed by atoms with E-state index < -0.39 is 5.91 Å². The molecule has 0 aliphatic rings. The Morgan fingerprint density at radius 1 is 1.10 bits per heavy atom. The molecular formula is C16H13N3O. The van der Waals surface area contributed by atoms with E-state index in [-0.39, 0.29) is 0 Å². The molecule has 0 spiro atoms. The maximum Gasteiger partial charge on any atom is 0.248 e. The molecule has 0 atom stereocenters. The van der Waals surface area contributed by atoms with Gasteiger partial charge in [0.15, 0.2) is 0 Å². The third kappa shape index (κ3) is 2.01. The zero-order valence-corrected chi connectivity index (χ0v) is 11.0. The highest BCUT2D eigenvalue weighted by molar-refractivity contribution is 5.98. The van der Waals surface area contributed by atoms with Crippen molar-refractivity contribution in [2.45, 2.75) is 6.92 Å². The van der Waals surface area contributed by atoms with E-state index in [9.17, 15) is 4.79 Å². The predicted molar refractivity (Wildman–Crippen MR) is 78.2 cm³/mol. The SMILES string of the molecule is Cc1ccc(-c2cc(C(N)=O)ccn2)c2cccnc12. The van der Waals surface area contributed by atoms with Gasteiger partial charge in [0.05, 0.1) is 11.2 Å². The van der Waals surface area contributed by atoms with Crippen LogP contribution in [-0.4, -0.2) is 15.9 Å². The molecule has 2 N–H and O–H groups in total. The summed E-state index contributed by atoms with van der Waals surface area (Å²) in [4.78, 5) is 20.0. The number of nitrogens with two attached hydrogens (primary N) is 1. The van der Waals surface area contributed by atoms with Crippen molar-refractivity contribution in [1.82, 2.24) is 9.97 Å². The molecule has 0 bridgehead atoms. The van der Waals surface area contributed by atoms with Crippen LogP contribution >= 0.6 is 0 Å². The van der Waals surface area contributed by atoms with Gasteiger partial charge in [-0.2, -0.15) is 0 Å². The molecule has 4 heteroatoms. The lowest BCUT2D eigenvalue weighted by atomic mass is 10.0. The first-order valence-electron chi connectivity index (χ1n) is 6.27. The van der Waals surface area contributed by atoms with Crippen molar-refractivity contribution in [1.29, 1.82) is 0 Å². The van der Waals surface area contributed by atoms with E-state index in [0.717, 1.165) is 27.7 Å². The largest absolute Gasteiger partial charge is 0.366 e. The summed E-state index contributed by atoms with van der Waals surface area (Å²) in [6.45, 7) is 2.02. The minimum atomic E-state index is -0.455. The van der Waals surface area contributed by atoms with Crippen LogP contribution < -0.4 is 5.73 Å². The van der Waals surface area contributed by atoms with E-state index >= 15 is 0 Å². The van der Waals surface area contributed by atoms with Crippen LogP contribution in [0.1, 0.15) is 15.9 Å². The number of fused-ring (bicyclic) bond motifs is 1. The van der Waals surface area contributed by atoms with E-state index in [0.29, 0.717) is 5.56 Å². The molecule has 4 nitrogen and oxygen atoms in total. The number of aromatic nitrogens is 2. The molecule has 3 rings (SSSR count). The Kier molecular flexibility index (Phi) is 2.91. The van der Waals surface area contributed by atoms with Gasteiger partial charge in [0, 0.05) is 28.9 Å². The third-order valence-electron chi connectivity index (χ3n) is 3.29. The lowest BCUT2D eigenvalue weighted by molar-refractivity contribution is 0.1000. The van der Waals surface area contributed by atoms with Crippen LogP contribution in [0.25, 0.3) is 22.2 Å². The Hall–Kier alpha value is -2.75. The average molecular weight is 263 g/mol. The number of hydrogen-bond acceptors (Lipinski definition) is 3. The number of pyridine rings is 2. The Morgan fingerprint density at radius 3 is 2.75 bits per heavy atom. The zero-order chi connectivity index (χ0) is 14.1. The van der Waals surface area contributed by atoms with Gasteiger partial charge in [0.25, 0.3) is 0 Å². The quantitative estimate of drug-likeness (QED) is 0.772. The average Bonchev–Trinajstić information content (AvgIpc) is 2.48. The molecule has 0 fully saturated rings. The number of rotatable bonds is 2. The Labute approximate surface area is 116 Å². The highest BCUT2D eigenvalue weighted by Crippen LogP contribution is 2.28. The van der Waals surface area contributed by atoms with Crippen LogP contribution in [-0.2, 0) is 0 Å². The molecule has 0 aliphatic heterocycles. The van der Waals surface area contributed by atoms with E-state index in [1.54, 1.807) is 24.5 Å². The van der Waals surface area contributed by atoms with Crippen LogP contribution in [0.5, 0.6) is 0 Å². The van der Waals surface area contributed by atoms with Crippen LogP contribution in [0, 0.1) is 6.92 Å². The first-order valence-corrected chi connectivity index (χ1v) is 6.27. The number of benzene rings is 1. The van der Waals surface area contributed by atoms with Crippen molar-refractivity contribution in [3.63, 3.8) is 0 Å². The number of carbonyl (C=O) groups is 1. The Balaban J connectivity index is 2.27. The van der Waals surface area contributed by atoms with Crippen molar-refractivity contribution >= 4 is 16.8 Å². The first kappa shape index (κ1) is 12.3. The summed E-state index contributed by atoms with van der Waals surface area (Å²) >= 11 is 0. The normalized spacial score (nSPS) is 10.7. The fourth-order valence-electron chi connectivity index (χ4n) is 2.27. The fourth-order valence-corrected chi connectivity index (χ4v) is 2.27. The summed E-state index contributed by atoms with van der Waals surface area (Å²) in [7, 11) is 0. The van der Waals surface area contributed by atoms with Crippen LogP contribution in [0.3, 0.4) is 0 Å². The number of amides is 1. The molecule has 1 amide bonds. The summed E-state index contributed by atoms with van der Waals surface area (Å²) in [6, 6.07) is 11.2. The second kappa shape index (κ2) is 4.74. The summed E-state index contributed by atoms with van der Waals surface area (Å²) in [6.07, 6.45) is 3.36. The molecule has 3 aromatic rings. The van der Waals surface area contributed by atoms with Gasteiger partial charge in [-0.1, -0.05) is 18.2 Å². The van der Waals surface area contributed by atoms with Gasteiger partial charge in [-0.15, -0.1) is 0 Å². The Bertz CT molecular complexity index is 812. The molecular weight excluding hydrogens is 250 g/mol. The molecule has 0 saturated heterocycles. The van der Waals surface area contributed by atoms with Gasteiger partial charge in [0.2, 0.25) is 5.91 Å². The second-order valence-corrected chi connectivity index (χ2v) is 4.62. The topological polar surface area (TPSA) is 68.9 Å². The van der Waals surface area contributed by atoms with Crippen molar-refractivity contribution in [2.75, 3.05) is 0 Å². The van der Waals surface area contributed by atoms with Crippen molar-refractivity contribution in [3.8, 4) is 11.3 Å². The number of hydrogen-bond donors (Lipinski definition) is 1. The highest BCUT2D eigenvalue weighted by Gasteiger charge is 2.09. The van der Waals surface area contributed by atoms with Gasteiger partial charge in [-0.25, -0.2) is 0 Å². The smallest absolute Gasteiger partial charge is 0.248 e. The molecule has 0 radical (unpaired) electrons. The fraction of sp³-hybridized carbons (Fsp3) is 0.0625. The van der Waals surface area contributed by atoms with E-state index in [4.69, 9.17) is 5.73 Å². The van der Waals surface area contributed by atoms with Crippen LogP contribution in [0.4, 0.5) is 0 Å². The number of primary amides is 1. The molecule has 1 aromatic carbocycles. The van der Waals surface area contributed by atoms with E-state index in [1.165, 1.54) is 0 Å². The lowest BCUT2D eigenvalue weighted by Crippen LogP contribution is -2.11. The van der Waals surface area contributed by atoms with Gasteiger partial charge in [0.1, 0.15) is 0 Å². The third-order valence-corrected chi connectivity index (χ3v) is 3.29. The summed E-state index contributed by atoms with van der Waals surface area (Å²) in [5.41, 5.74) is 9.49. The standard InChI is InChI=1S/C16H13N3O/c1-10-4-5-12(13-3-2-7-19-15(10)13)14-9-11(16(17)20)6-8-18-14/h2-9H,1H3,(H2,17,20). The van der Waals surface area contributed by atoms with Crippen LogP contribution in [0.2, 0.25) is 0 Å². The molecule has 0 saturated carbocycles. The summed E-state index contributed by atoms with van der Waals surface area (Å²) < 4.78 is 0. The molecule has 0 unspecified atom stereocenters. The van der Waals surface area contributed by atoms with E-state index in [1.807, 2.05) is 31.2 Å². The predicted octanol–water partition coefficient (Wildman–Crippen LogP) is 2.70. The van der Waals surface area contributed by atoms with Crippen molar-refractivity contribution in [2.24, 2.45) is 5.73 Å². The molecule has 2 heterocycles. The van der Waals surface area contributed by atoms with Crippen molar-refractivity contribution in [3.05, 3.63) is 59.9 Å². The minimum Gasteiger partial charge on any atom is -0.366 e. The van der Waals surface area contributed by atoms with Gasteiger partial charge >= 0.3 is 0 Å². The molecule has 20 heavy (non-hydrogen) atoms. The van der Waals surface area contributed by atoms with Gasteiger partial charge in [-0.05, 0) is 30.7 Å². The minimum absolute atomic E-state index is 0.451. The zero-order valence-electron chi connectivity index (χ0n) is 11.0. The second-order valence-electron chi connectivity index (χ2n) is 4.62. The molecule has 0 aliphatic carbocycles. The highest BCUT2D eigenvalue weighted by atomic mass is 16.1. The van der Waals surface area contributed by atoms with E-state index in [2.05, 4.69) is 9.97 Å². The lowest BCUT2D eigenvalue weighted by Gasteiger charge is -2.08. The monoisotopic (exact) mass is 263 g/mol. The van der Waals surface area contributed by atoms with Crippen LogP contribution in [0.15, 0.2) is 48.8 Å². The number of carbonyl (C=O) groups excluding carboxylic acids is 1. The maximum absolute atomic E-state index is 11.3. The van der Waals surface area contributed by atoms with Gasteiger partial charge < -0.3 is 5.73 Å². The summed E-state index contributed by atoms with van der Waals surface area (Å²) in [5.74, 6) is -0.455. The van der Waals surface area contributed by atoms with Crippen molar-refractivity contribution < 1.29 is 4.79 Å². The Morgan fingerprint density at radius 2 is 1.95 bits per heavy atom. The summed E-state index contributed by atoms with van der Waals surface area (Å²) in [5, 5.41) is 1.02. The molecule has 2 aromatic heterocycles. The maximum atomic E-state index is 11.3.